The molecule has 172 valence electrons. The third kappa shape index (κ3) is 6.24. The van der Waals surface area contributed by atoms with Crippen molar-refractivity contribution in [3.8, 4) is 5.75 Å². The third-order valence-electron chi connectivity index (χ3n) is 4.79. The lowest BCUT2D eigenvalue weighted by Crippen LogP contribution is -2.02. The Balaban J connectivity index is 1.40. The highest BCUT2D eigenvalue weighted by Crippen LogP contribution is 2.22. The number of methoxy groups -OCH3 is 1. The average Bonchev–Trinajstić information content (AvgIpc) is 3.33. The first kappa shape index (κ1) is 23.5. The zero-order valence-corrected chi connectivity index (χ0v) is 19.9. The molecule has 0 aliphatic heterocycles. The van der Waals surface area contributed by atoms with Crippen LogP contribution in [0.2, 0.25) is 5.02 Å². The molecule has 0 radical (unpaired) electrons. The van der Waals surface area contributed by atoms with Gasteiger partial charge in [0.05, 0.1) is 18.9 Å². The predicted molar refractivity (Wildman–Crippen MR) is 133 cm³/mol. The van der Waals surface area contributed by atoms with Crippen molar-refractivity contribution in [1.82, 2.24) is 14.9 Å². The van der Waals surface area contributed by atoms with Gasteiger partial charge in [0.2, 0.25) is 5.16 Å². The standard InChI is InChI=1S/C25H21ClN4O3S/c1-32-24(31)20-10-6-18(7-11-20)15-33-23-5-3-2-4-21(23)14-28-30-17-27-29-25(30)34-16-19-8-12-22(26)13-9-19/h2-14,17H,15-16H2,1H3/b28-14+. The van der Waals surface area contributed by atoms with Crippen molar-refractivity contribution in [3.05, 3.63) is 106 Å². The second-order valence-electron chi connectivity index (χ2n) is 7.13. The number of esters is 1. The van der Waals surface area contributed by atoms with E-state index in [9.17, 15) is 4.79 Å². The Morgan fingerprint density at radius 2 is 1.79 bits per heavy atom. The van der Waals surface area contributed by atoms with Gasteiger partial charge in [-0.25, -0.2) is 4.79 Å². The second-order valence-corrected chi connectivity index (χ2v) is 8.51. The summed E-state index contributed by atoms with van der Waals surface area (Å²) in [5, 5.41) is 14.0. The van der Waals surface area contributed by atoms with E-state index in [4.69, 9.17) is 21.1 Å². The molecule has 0 unspecified atom stereocenters. The number of ether oxygens (including phenoxy) is 2. The van der Waals surface area contributed by atoms with Crippen LogP contribution >= 0.6 is 23.4 Å². The molecule has 9 heteroatoms. The summed E-state index contributed by atoms with van der Waals surface area (Å²) in [4.78, 5) is 11.6. The minimum Gasteiger partial charge on any atom is -0.488 e. The van der Waals surface area contributed by atoms with Gasteiger partial charge in [0, 0.05) is 16.3 Å². The summed E-state index contributed by atoms with van der Waals surface area (Å²) < 4.78 is 12.4. The number of nitrogens with zero attached hydrogens (tertiary/aromatic N) is 4. The Morgan fingerprint density at radius 3 is 2.56 bits per heavy atom. The summed E-state index contributed by atoms with van der Waals surface area (Å²) in [6.07, 6.45) is 3.28. The van der Waals surface area contributed by atoms with Crippen LogP contribution in [0.4, 0.5) is 0 Å². The van der Waals surface area contributed by atoms with Crippen LogP contribution in [0, 0.1) is 0 Å². The summed E-state index contributed by atoms with van der Waals surface area (Å²) in [6, 6.07) is 22.4. The fourth-order valence-electron chi connectivity index (χ4n) is 2.98. The number of rotatable bonds is 9. The van der Waals surface area contributed by atoms with E-state index in [2.05, 4.69) is 15.3 Å². The number of aromatic nitrogens is 3. The number of halogens is 1. The minimum atomic E-state index is -0.367. The van der Waals surface area contributed by atoms with Crippen LogP contribution in [0.1, 0.15) is 27.0 Å². The zero-order chi connectivity index (χ0) is 23.8. The zero-order valence-electron chi connectivity index (χ0n) is 18.3. The topological polar surface area (TPSA) is 78.6 Å². The Labute approximate surface area is 206 Å². The summed E-state index contributed by atoms with van der Waals surface area (Å²) in [5.41, 5.74) is 3.37. The van der Waals surface area contributed by atoms with Crippen LogP contribution in [0.25, 0.3) is 0 Å². The fourth-order valence-corrected chi connectivity index (χ4v) is 3.93. The molecular weight excluding hydrogens is 472 g/mol. The molecule has 0 aliphatic rings. The predicted octanol–water partition coefficient (Wildman–Crippen LogP) is 5.47. The molecule has 7 nitrogen and oxygen atoms in total. The molecule has 0 amide bonds. The van der Waals surface area contributed by atoms with Crippen molar-refractivity contribution in [2.75, 3.05) is 7.11 Å². The van der Waals surface area contributed by atoms with Gasteiger partial charge in [0.15, 0.2) is 0 Å². The Morgan fingerprint density at radius 1 is 1.06 bits per heavy atom. The lowest BCUT2D eigenvalue weighted by Gasteiger charge is -2.09. The molecule has 0 N–H and O–H groups in total. The van der Waals surface area contributed by atoms with E-state index >= 15 is 0 Å². The van der Waals surface area contributed by atoms with E-state index in [0.717, 1.165) is 22.4 Å². The van der Waals surface area contributed by atoms with Crippen molar-refractivity contribution in [3.63, 3.8) is 0 Å². The van der Waals surface area contributed by atoms with Crippen molar-refractivity contribution in [2.24, 2.45) is 5.10 Å². The van der Waals surface area contributed by atoms with Gasteiger partial charge in [-0.2, -0.15) is 9.78 Å². The van der Waals surface area contributed by atoms with E-state index in [0.29, 0.717) is 28.1 Å². The molecule has 0 saturated carbocycles. The second kappa shape index (κ2) is 11.5. The molecule has 0 spiro atoms. The number of thioether (sulfide) groups is 1. The quantitative estimate of drug-likeness (QED) is 0.175. The number of hydrogen-bond acceptors (Lipinski definition) is 7. The lowest BCUT2D eigenvalue weighted by atomic mass is 10.1. The van der Waals surface area contributed by atoms with Crippen LogP contribution in [0.5, 0.6) is 5.75 Å². The third-order valence-corrected chi connectivity index (χ3v) is 6.05. The van der Waals surface area contributed by atoms with Gasteiger partial charge in [0.25, 0.3) is 0 Å². The van der Waals surface area contributed by atoms with Crippen LogP contribution in [0.3, 0.4) is 0 Å². The van der Waals surface area contributed by atoms with Crippen LogP contribution in [-0.4, -0.2) is 34.2 Å². The number of hydrogen-bond donors (Lipinski definition) is 0. The van der Waals surface area contributed by atoms with E-state index in [1.54, 1.807) is 29.4 Å². The SMILES string of the molecule is COC(=O)c1ccc(COc2ccccc2/C=N/n2cnnc2SCc2ccc(Cl)cc2)cc1. The van der Waals surface area contributed by atoms with Gasteiger partial charge in [-0.15, -0.1) is 10.2 Å². The Hall–Kier alpha value is -3.62. The summed E-state index contributed by atoms with van der Waals surface area (Å²) >= 11 is 7.48. The van der Waals surface area contributed by atoms with Crippen molar-refractivity contribution >= 4 is 35.5 Å². The fraction of sp³-hybridized carbons (Fsp3) is 0.120. The molecular formula is C25H21ClN4O3S. The molecule has 0 saturated heterocycles. The average molecular weight is 493 g/mol. The molecule has 4 rings (SSSR count). The largest absolute Gasteiger partial charge is 0.488 e. The molecule has 0 fully saturated rings. The highest BCUT2D eigenvalue weighted by Gasteiger charge is 2.07. The maximum absolute atomic E-state index is 11.6. The Kier molecular flexibility index (Phi) is 7.95. The Bertz CT molecular complexity index is 1270. The van der Waals surface area contributed by atoms with Gasteiger partial charge in [0.1, 0.15) is 18.7 Å². The van der Waals surface area contributed by atoms with Gasteiger partial charge in [-0.3, -0.25) is 0 Å². The first-order valence-electron chi connectivity index (χ1n) is 10.3. The van der Waals surface area contributed by atoms with Crippen molar-refractivity contribution in [2.45, 2.75) is 17.5 Å². The summed E-state index contributed by atoms with van der Waals surface area (Å²) in [6.45, 7) is 0.348. The molecule has 0 atom stereocenters. The number of benzene rings is 3. The molecule has 34 heavy (non-hydrogen) atoms. The molecule has 0 aliphatic carbocycles. The maximum atomic E-state index is 11.6. The smallest absolute Gasteiger partial charge is 0.337 e. The van der Waals surface area contributed by atoms with Crippen LogP contribution in [0.15, 0.2) is 89.4 Å². The summed E-state index contributed by atoms with van der Waals surface area (Å²) in [7, 11) is 1.36. The molecule has 1 heterocycles. The molecule has 3 aromatic carbocycles. The highest BCUT2D eigenvalue weighted by atomic mass is 35.5. The number of carbonyl (C=O) groups excluding carboxylic acids is 1. The van der Waals surface area contributed by atoms with Gasteiger partial charge in [-0.1, -0.05) is 59.8 Å². The van der Waals surface area contributed by atoms with Crippen LogP contribution in [-0.2, 0) is 17.1 Å². The van der Waals surface area contributed by atoms with Gasteiger partial charge >= 0.3 is 5.97 Å². The maximum Gasteiger partial charge on any atom is 0.337 e. The van der Waals surface area contributed by atoms with Gasteiger partial charge in [-0.05, 0) is 47.5 Å². The molecule has 1 aromatic heterocycles. The first-order chi connectivity index (χ1) is 16.6. The van der Waals surface area contributed by atoms with E-state index in [1.165, 1.54) is 18.9 Å². The molecule has 4 aromatic rings. The van der Waals surface area contributed by atoms with Crippen LogP contribution < -0.4 is 4.74 Å². The van der Waals surface area contributed by atoms with E-state index in [1.807, 2.05) is 60.7 Å². The number of carbonyl (C=O) groups is 1. The van der Waals surface area contributed by atoms with Gasteiger partial charge < -0.3 is 9.47 Å². The highest BCUT2D eigenvalue weighted by molar-refractivity contribution is 7.98. The monoisotopic (exact) mass is 492 g/mol. The molecule has 0 bridgehead atoms. The summed E-state index contributed by atoms with van der Waals surface area (Å²) in [5.74, 6) is 1.04. The minimum absolute atomic E-state index is 0.348. The van der Waals surface area contributed by atoms with Crippen molar-refractivity contribution in [1.29, 1.82) is 0 Å². The normalized spacial score (nSPS) is 11.0. The van der Waals surface area contributed by atoms with E-state index < -0.39 is 0 Å². The number of para-hydroxylation sites is 1. The van der Waals surface area contributed by atoms with Crippen molar-refractivity contribution < 1.29 is 14.3 Å². The lowest BCUT2D eigenvalue weighted by molar-refractivity contribution is 0.0600. The first-order valence-corrected chi connectivity index (χ1v) is 11.7. The van der Waals surface area contributed by atoms with E-state index in [-0.39, 0.29) is 5.97 Å².